The van der Waals surface area contributed by atoms with E-state index in [-0.39, 0.29) is 5.88 Å². The molecular formula is C23H23FN4O. The highest BCUT2D eigenvalue weighted by atomic mass is 19.1. The predicted molar refractivity (Wildman–Crippen MR) is 111 cm³/mol. The summed E-state index contributed by atoms with van der Waals surface area (Å²) < 4.78 is 18.7. The van der Waals surface area contributed by atoms with Crippen LogP contribution >= 0.6 is 0 Å². The summed E-state index contributed by atoms with van der Waals surface area (Å²) in [6, 6.07) is 5.81. The molecule has 0 radical (unpaired) electrons. The Balaban J connectivity index is 1.47. The van der Waals surface area contributed by atoms with E-state index in [9.17, 15) is 4.39 Å². The first-order valence-corrected chi connectivity index (χ1v) is 9.59. The molecule has 0 aliphatic carbocycles. The molecule has 0 spiro atoms. The monoisotopic (exact) mass is 390 g/mol. The van der Waals surface area contributed by atoms with Gasteiger partial charge >= 0.3 is 0 Å². The molecule has 29 heavy (non-hydrogen) atoms. The minimum atomic E-state index is -0.437. The first-order valence-electron chi connectivity index (χ1n) is 9.59. The SMILES string of the molecule is COc1ncc(CCc2ncc(Cc3c[nH]c4ncc(C)cc34)cc2C)cc1F. The second-order valence-corrected chi connectivity index (χ2v) is 7.34. The fourth-order valence-corrected chi connectivity index (χ4v) is 3.56. The van der Waals surface area contributed by atoms with Crippen LogP contribution in [0.15, 0.2) is 43.0 Å². The molecule has 1 N–H and O–H groups in total. The summed E-state index contributed by atoms with van der Waals surface area (Å²) in [6.45, 7) is 4.12. The highest BCUT2D eigenvalue weighted by molar-refractivity contribution is 5.80. The molecule has 0 fully saturated rings. The van der Waals surface area contributed by atoms with Gasteiger partial charge in [0.1, 0.15) is 5.65 Å². The lowest BCUT2D eigenvalue weighted by molar-refractivity contribution is 0.368. The van der Waals surface area contributed by atoms with Crippen LogP contribution in [0.1, 0.15) is 33.5 Å². The maximum Gasteiger partial charge on any atom is 0.250 e. The number of rotatable bonds is 6. The third-order valence-electron chi connectivity index (χ3n) is 5.10. The Labute approximate surface area is 169 Å². The fraction of sp³-hybridized carbons (Fsp3) is 0.261. The van der Waals surface area contributed by atoms with Gasteiger partial charge in [-0.25, -0.2) is 14.4 Å². The number of methoxy groups -OCH3 is 1. The number of hydrogen-bond acceptors (Lipinski definition) is 4. The van der Waals surface area contributed by atoms with Crippen molar-refractivity contribution in [1.29, 1.82) is 0 Å². The van der Waals surface area contributed by atoms with Gasteiger partial charge in [-0.05, 0) is 66.6 Å². The van der Waals surface area contributed by atoms with Gasteiger partial charge in [-0.1, -0.05) is 6.07 Å². The Hall–Kier alpha value is -3.28. The maximum atomic E-state index is 13.8. The third-order valence-corrected chi connectivity index (χ3v) is 5.10. The Bertz CT molecular complexity index is 1170. The summed E-state index contributed by atoms with van der Waals surface area (Å²) in [5.74, 6) is -0.413. The van der Waals surface area contributed by atoms with Crippen molar-refractivity contribution in [3.05, 3.63) is 82.3 Å². The Morgan fingerprint density at radius 2 is 1.79 bits per heavy atom. The normalized spacial score (nSPS) is 11.2. The quantitative estimate of drug-likeness (QED) is 0.527. The number of nitrogens with zero attached hydrogens (tertiary/aromatic N) is 3. The molecule has 0 saturated carbocycles. The largest absolute Gasteiger partial charge is 0.479 e. The smallest absolute Gasteiger partial charge is 0.250 e. The number of pyridine rings is 3. The van der Waals surface area contributed by atoms with Crippen molar-refractivity contribution in [1.82, 2.24) is 19.9 Å². The Morgan fingerprint density at radius 3 is 2.55 bits per heavy atom. The van der Waals surface area contributed by atoms with Crippen molar-refractivity contribution in [2.75, 3.05) is 7.11 Å². The molecule has 0 aliphatic rings. The van der Waals surface area contributed by atoms with Crippen molar-refractivity contribution in [3.63, 3.8) is 0 Å². The van der Waals surface area contributed by atoms with Gasteiger partial charge in [0.15, 0.2) is 5.82 Å². The van der Waals surface area contributed by atoms with Crippen LogP contribution in [0.4, 0.5) is 4.39 Å². The van der Waals surface area contributed by atoms with Gasteiger partial charge in [-0.3, -0.25) is 4.98 Å². The molecule has 5 nitrogen and oxygen atoms in total. The summed E-state index contributed by atoms with van der Waals surface area (Å²) in [7, 11) is 1.41. The minimum absolute atomic E-state index is 0.0232. The Morgan fingerprint density at radius 1 is 0.966 bits per heavy atom. The summed E-state index contributed by atoms with van der Waals surface area (Å²) in [5.41, 5.74) is 7.41. The summed E-state index contributed by atoms with van der Waals surface area (Å²) in [5, 5.41) is 1.15. The second kappa shape index (κ2) is 7.99. The van der Waals surface area contributed by atoms with Crippen LogP contribution in [0.25, 0.3) is 11.0 Å². The van der Waals surface area contributed by atoms with Crippen LogP contribution in [-0.2, 0) is 19.3 Å². The van der Waals surface area contributed by atoms with Crippen LogP contribution in [0.5, 0.6) is 5.88 Å². The van der Waals surface area contributed by atoms with Gasteiger partial charge in [0.2, 0.25) is 5.88 Å². The van der Waals surface area contributed by atoms with Crippen molar-refractivity contribution in [2.45, 2.75) is 33.1 Å². The zero-order valence-electron chi connectivity index (χ0n) is 16.8. The molecule has 0 aliphatic heterocycles. The first-order chi connectivity index (χ1) is 14.0. The molecule has 4 heterocycles. The highest BCUT2D eigenvalue weighted by Crippen LogP contribution is 2.22. The van der Waals surface area contributed by atoms with E-state index in [1.807, 2.05) is 25.5 Å². The number of hydrogen-bond donors (Lipinski definition) is 1. The molecule has 4 rings (SSSR count). The van der Waals surface area contributed by atoms with Gasteiger partial charge in [0.25, 0.3) is 0 Å². The van der Waals surface area contributed by atoms with Crippen molar-refractivity contribution < 1.29 is 9.13 Å². The van der Waals surface area contributed by atoms with E-state index in [0.29, 0.717) is 6.42 Å². The van der Waals surface area contributed by atoms with E-state index < -0.39 is 5.82 Å². The number of halogens is 1. The number of ether oxygens (including phenoxy) is 1. The summed E-state index contributed by atoms with van der Waals surface area (Å²) >= 11 is 0. The molecule has 4 aromatic rings. The topological polar surface area (TPSA) is 63.7 Å². The van der Waals surface area contributed by atoms with Gasteiger partial charge in [-0.2, -0.15) is 0 Å². The maximum absolute atomic E-state index is 13.8. The molecule has 0 bridgehead atoms. The number of H-pyrrole nitrogens is 1. The van der Waals surface area contributed by atoms with Crippen LogP contribution in [-0.4, -0.2) is 27.0 Å². The molecule has 0 aromatic carbocycles. The van der Waals surface area contributed by atoms with E-state index in [2.05, 4.69) is 39.0 Å². The van der Waals surface area contributed by atoms with Crippen LogP contribution < -0.4 is 4.74 Å². The number of aromatic amines is 1. The molecule has 0 saturated heterocycles. The van der Waals surface area contributed by atoms with E-state index >= 15 is 0 Å². The zero-order valence-corrected chi connectivity index (χ0v) is 16.8. The number of fused-ring (bicyclic) bond motifs is 1. The highest BCUT2D eigenvalue weighted by Gasteiger charge is 2.10. The van der Waals surface area contributed by atoms with E-state index in [4.69, 9.17) is 4.74 Å². The first kappa shape index (κ1) is 19.1. The molecule has 0 atom stereocenters. The lowest BCUT2D eigenvalue weighted by Gasteiger charge is -2.09. The third kappa shape index (κ3) is 4.11. The van der Waals surface area contributed by atoms with Crippen molar-refractivity contribution in [3.8, 4) is 5.88 Å². The molecule has 0 amide bonds. The summed E-state index contributed by atoms with van der Waals surface area (Å²) in [6.07, 6.45) is 9.67. The lowest BCUT2D eigenvalue weighted by atomic mass is 10.0. The second-order valence-electron chi connectivity index (χ2n) is 7.34. The van der Waals surface area contributed by atoms with E-state index in [1.54, 1.807) is 6.20 Å². The van der Waals surface area contributed by atoms with E-state index in [0.717, 1.165) is 51.8 Å². The van der Waals surface area contributed by atoms with Crippen molar-refractivity contribution >= 4 is 11.0 Å². The standard InChI is InChI=1S/C23H23FN4O/c1-14-6-19-18(13-27-22(19)26-10-14)8-17-7-15(2)21(25-12-17)5-4-16-9-20(24)23(29-3)28-11-16/h6-7,9-13H,4-5,8H2,1-3H3,(H,26,27). The molecule has 6 heteroatoms. The van der Waals surface area contributed by atoms with Crippen molar-refractivity contribution in [2.24, 2.45) is 0 Å². The Kier molecular flexibility index (Phi) is 5.25. The van der Waals surface area contributed by atoms with E-state index in [1.165, 1.54) is 18.7 Å². The average molecular weight is 390 g/mol. The van der Waals surface area contributed by atoms with Gasteiger partial charge in [-0.15, -0.1) is 0 Å². The van der Waals surface area contributed by atoms with Gasteiger partial charge < -0.3 is 9.72 Å². The van der Waals surface area contributed by atoms with Crippen LogP contribution in [0, 0.1) is 19.7 Å². The fourth-order valence-electron chi connectivity index (χ4n) is 3.56. The molecular weight excluding hydrogens is 367 g/mol. The zero-order chi connectivity index (χ0) is 20.4. The number of nitrogens with one attached hydrogen (secondary N) is 1. The predicted octanol–water partition coefficient (Wildman–Crippen LogP) is 4.49. The molecule has 148 valence electrons. The van der Waals surface area contributed by atoms with Crippen LogP contribution in [0.2, 0.25) is 0 Å². The summed E-state index contributed by atoms with van der Waals surface area (Å²) in [4.78, 5) is 16.3. The average Bonchev–Trinajstić information content (AvgIpc) is 3.09. The molecule has 4 aromatic heterocycles. The van der Waals surface area contributed by atoms with Crippen LogP contribution in [0.3, 0.4) is 0 Å². The van der Waals surface area contributed by atoms with Gasteiger partial charge in [0, 0.05) is 42.3 Å². The minimum Gasteiger partial charge on any atom is -0.479 e. The molecule has 0 unspecified atom stereocenters. The van der Waals surface area contributed by atoms with Gasteiger partial charge in [0.05, 0.1) is 7.11 Å². The number of aryl methyl sites for hydroxylation is 4. The lowest BCUT2D eigenvalue weighted by Crippen LogP contribution is -2.01. The number of aromatic nitrogens is 4.